The lowest BCUT2D eigenvalue weighted by molar-refractivity contribution is 0.0730. The SMILES string of the molecule is O=C(c1cc(Oc2n[nH]c(=O)c3cccc(Cl)c23)ccc1F)N1CCNCC1. The second-order valence-corrected chi connectivity index (χ2v) is 6.71. The number of nitrogens with one attached hydrogen (secondary N) is 2. The van der Waals surface area contributed by atoms with E-state index in [-0.39, 0.29) is 17.2 Å². The van der Waals surface area contributed by atoms with E-state index >= 15 is 0 Å². The van der Waals surface area contributed by atoms with Gasteiger partial charge in [0.15, 0.2) is 0 Å². The Labute approximate surface area is 164 Å². The van der Waals surface area contributed by atoms with Crippen molar-refractivity contribution in [2.75, 3.05) is 26.2 Å². The van der Waals surface area contributed by atoms with Gasteiger partial charge in [-0.1, -0.05) is 17.7 Å². The number of hydrogen-bond donors (Lipinski definition) is 2. The molecular weight excluding hydrogens is 387 g/mol. The first kappa shape index (κ1) is 18.4. The highest BCUT2D eigenvalue weighted by Gasteiger charge is 2.22. The standard InChI is InChI=1S/C19H16ClFN4O3/c20-14-3-1-2-12-16(14)18(24-23-17(12)26)28-11-4-5-15(21)13(10-11)19(27)25-8-6-22-7-9-25/h1-5,10,22H,6-9H2,(H,23,26). The quantitative estimate of drug-likeness (QED) is 0.703. The zero-order chi connectivity index (χ0) is 19.7. The van der Waals surface area contributed by atoms with Crippen molar-refractivity contribution in [3.63, 3.8) is 0 Å². The molecule has 1 aliphatic rings. The van der Waals surface area contributed by atoms with Gasteiger partial charge in [-0.25, -0.2) is 9.49 Å². The van der Waals surface area contributed by atoms with E-state index in [4.69, 9.17) is 16.3 Å². The molecule has 0 aliphatic carbocycles. The Morgan fingerprint density at radius 2 is 2.00 bits per heavy atom. The van der Waals surface area contributed by atoms with Crippen molar-refractivity contribution in [1.29, 1.82) is 0 Å². The zero-order valence-corrected chi connectivity index (χ0v) is 15.4. The number of ether oxygens (including phenoxy) is 1. The molecule has 1 aromatic heterocycles. The van der Waals surface area contributed by atoms with Crippen LogP contribution in [0.5, 0.6) is 11.6 Å². The predicted molar refractivity (Wildman–Crippen MR) is 103 cm³/mol. The maximum absolute atomic E-state index is 14.3. The van der Waals surface area contributed by atoms with Gasteiger partial charge >= 0.3 is 0 Å². The van der Waals surface area contributed by atoms with Crippen LogP contribution in [0.2, 0.25) is 5.02 Å². The Balaban J connectivity index is 1.70. The number of fused-ring (bicyclic) bond motifs is 1. The highest BCUT2D eigenvalue weighted by molar-refractivity contribution is 6.36. The molecule has 1 fully saturated rings. The molecule has 28 heavy (non-hydrogen) atoms. The van der Waals surface area contributed by atoms with Crippen LogP contribution < -0.4 is 15.6 Å². The van der Waals surface area contributed by atoms with Crippen molar-refractivity contribution in [2.45, 2.75) is 0 Å². The van der Waals surface area contributed by atoms with Crippen molar-refractivity contribution in [1.82, 2.24) is 20.4 Å². The van der Waals surface area contributed by atoms with Gasteiger partial charge in [0, 0.05) is 26.2 Å². The molecule has 144 valence electrons. The maximum atomic E-state index is 14.3. The molecule has 2 aromatic carbocycles. The molecule has 9 heteroatoms. The summed E-state index contributed by atoms with van der Waals surface area (Å²) in [6.07, 6.45) is 0. The van der Waals surface area contributed by atoms with Gasteiger partial charge in [0.2, 0.25) is 5.88 Å². The summed E-state index contributed by atoms with van der Waals surface area (Å²) in [4.78, 5) is 26.2. The fourth-order valence-electron chi connectivity index (χ4n) is 3.10. The lowest BCUT2D eigenvalue weighted by Crippen LogP contribution is -2.46. The van der Waals surface area contributed by atoms with Gasteiger partial charge in [-0.3, -0.25) is 9.59 Å². The highest BCUT2D eigenvalue weighted by atomic mass is 35.5. The third-order valence-electron chi connectivity index (χ3n) is 4.52. The number of rotatable bonds is 3. The first-order chi connectivity index (χ1) is 13.5. The van der Waals surface area contributed by atoms with Crippen LogP contribution in [0, 0.1) is 5.82 Å². The van der Waals surface area contributed by atoms with Gasteiger partial charge in [-0.2, -0.15) is 0 Å². The van der Waals surface area contributed by atoms with Crippen LogP contribution in [-0.4, -0.2) is 47.2 Å². The zero-order valence-electron chi connectivity index (χ0n) is 14.7. The third kappa shape index (κ3) is 3.44. The summed E-state index contributed by atoms with van der Waals surface area (Å²) < 4.78 is 20.0. The molecule has 2 heterocycles. The van der Waals surface area contributed by atoms with E-state index in [0.29, 0.717) is 42.0 Å². The van der Waals surface area contributed by atoms with Crippen LogP contribution in [0.3, 0.4) is 0 Å². The smallest absolute Gasteiger partial charge is 0.272 e. The second-order valence-electron chi connectivity index (χ2n) is 6.31. The molecule has 1 saturated heterocycles. The van der Waals surface area contributed by atoms with Gasteiger partial charge in [0.1, 0.15) is 11.6 Å². The van der Waals surface area contributed by atoms with Crippen LogP contribution >= 0.6 is 11.6 Å². The van der Waals surface area contributed by atoms with Crippen LogP contribution in [0.1, 0.15) is 10.4 Å². The van der Waals surface area contributed by atoms with Crippen LogP contribution in [0.15, 0.2) is 41.2 Å². The van der Waals surface area contributed by atoms with Crippen molar-refractivity contribution in [2.24, 2.45) is 0 Å². The average molecular weight is 403 g/mol. The first-order valence-electron chi connectivity index (χ1n) is 8.69. The van der Waals surface area contributed by atoms with E-state index in [2.05, 4.69) is 15.5 Å². The van der Waals surface area contributed by atoms with Gasteiger partial charge in [-0.15, -0.1) is 5.10 Å². The fraction of sp³-hybridized carbons (Fsp3) is 0.211. The molecule has 0 bridgehead atoms. The molecule has 4 rings (SSSR count). The highest BCUT2D eigenvalue weighted by Crippen LogP contribution is 2.31. The largest absolute Gasteiger partial charge is 0.437 e. The van der Waals surface area contributed by atoms with E-state index in [0.717, 1.165) is 0 Å². The predicted octanol–water partition coefficient (Wildman–Crippen LogP) is 2.55. The number of piperazine rings is 1. The molecule has 0 unspecified atom stereocenters. The minimum atomic E-state index is -0.631. The molecule has 0 radical (unpaired) electrons. The monoisotopic (exact) mass is 402 g/mol. The summed E-state index contributed by atoms with van der Waals surface area (Å²) in [5.41, 5.74) is -0.488. The number of halogens is 2. The molecule has 0 atom stereocenters. The number of aromatic amines is 1. The Bertz CT molecular complexity index is 1110. The van der Waals surface area contributed by atoms with Gasteiger partial charge in [-0.05, 0) is 30.3 Å². The molecule has 0 saturated carbocycles. The lowest BCUT2D eigenvalue weighted by Gasteiger charge is -2.27. The summed E-state index contributed by atoms with van der Waals surface area (Å²) >= 11 is 6.21. The number of amides is 1. The molecule has 2 N–H and O–H groups in total. The van der Waals surface area contributed by atoms with E-state index in [1.54, 1.807) is 23.1 Å². The number of benzene rings is 2. The summed E-state index contributed by atoms with van der Waals surface area (Å²) in [5, 5.41) is 10.4. The topological polar surface area (TPSA) is 87.3 Å². The first-order valence-corrected chi connectivity index (χ1v) is 9.06. The third-order valence-corrected chi connectivity index (χ3v) is 4.83. The number of hydrogen-bond acceptors (Lipinski definition) is 5. The van der Waals surface area contributed by atoms with E-state index in [9.17, 15) is 14.0 Å². The normalized spacial score (nSPS) is 14.3. The number of carbonyl (C=O) groups excluding carboxylic acids is 1. The molecule has 0 spiro atoms. The Hall–Kier alpha value is -2.97. The van der Waals surface area contributed by atoms with E-state index < -0.39 is 17.3 Å². The van der Waals surface area contributed by atoms with Gasteiger partial charge in [0.25, 0.3) is 11.5 Å². The maximum Gasteiger partial charge on any atom is 0.272 e. The number of H-pyrrole nitrogens is 1. The summed E-state index contributed by atoms with van der Waals surface area (Å²) in [7, 11) is 0. The van der Waals surface area contributed by atoms with Crippen molar-refractivity contribution < 1.29 is 13.9 Å². The lowest BCUT2D eigenvalue weighted by atomic mass is 10.1. The second kappa shape index (κ2) is 7.57. The number of aromatic nitrogens is 2. The van der Waals surface area contributed by atoms with Gasteiger partial charge in [0.05, 0.1) is 21.4 Å². The van der Waals surface area contributed by atoms with Gasteiger partial charge < -0.3 is 15.0 Å². The summed E-state index contributed by atoms with van der Waals surface area (Å²) in [5.74, 6) is -0.761. The molecule has 7 nitrogen and oxygen atoms in total. The number of nitrogens with zero attached hydrogens (tertiary/aromatic N) is 2. The number of carbonyl (C=O) groups is 1. The molecule has 1 amide bonds. The van der Waals surface area contributed by atoms with Crippen molar-refractivity contribution in [3.05, 3.63) is 63.2 Å². The Morgan fingerprint density at radius 1 is 1.21 bits per heavy atom. The summed E-state index contributed by atoms with van der Waals surface area (Å²) in [6.45, 7) is 2.33. The molecule has 1 aliphatic heterocycles. The Morgan fingerprint density at radius 3 is 2.79 bits per heavy atom. The molecule has 3 aromatic rings. The van der Waals surface area contributed by atoms with Crippen LogP contribution in [0.4, 0.5) is 4.39 Å². The van der Waals surface area contributed by atoms with E-state index in [1.165, 1.54) is 18.2 Å². The van der Waals surface area contributed by atoms with Crippen LogP contribution in [0.25, 0.3) is 10.8 Å². The van der Waals surface area contributed by atoms with Crippen molar-refractivity contribution in [3.8, 4) is 11.6 Å². The van der Waals surface area contributed by atoms with Crippen molar-refractivity contribution >= 4 is 28.3 Å². The Kier molecular flexibility index (Phi) is 4.97. The summed E-state index contributed by atoms with van der Waals surface area (Å²) in [6, 6.07) is 8.74. The minimum Gasteiger partial charge on any atom is -0.437 e. The molecular formula is C19H16ClFN4O3. The minimum absolute atomic E-state index is 0.0624. The average Bonchev–Trinajstić information content (AvgIpc) is 2.72. The fourth-order valence-corrected chi connectivity index (χ4v) is 3.36. The van der Waals surface area contributed by atoms with E-state index in [1.807, 2.05) is 0 Å². The van der Waals surface area contributed by atoms with Crippen LogP contribution in [-0.2, 0) is 0 Å².